The lowest BCUT2D eigenvalue weighted by atomic mass is 10.3. The maximum atomic E-state index is 12.2. The Kier molecular flexibility index (Phi) is 4.59. The quantitative estimate of drug-likeness (QED) is 0.845. The van der Waals surface area contributed by atoms with Crippen LogP contribution in [0, 0.1) is 6.92 Å². The fourth-order valence-electron chi connectivity index (χ4n) is 2.00. The van der Waals surface area contributed by atoms with Crippen LogP contribution in [-0.2, 0) is 11.3 Å². The van der Waals surface area contributed by atoms with Crippen LogP contribution in [-0.4, -0.2) is 36.5 Å². The number of carbonyl (C=O) groups excluding carboxylic acids is 1. The highest BCUT2D eigenvalue weighted by Gasteiger charge is 2.15. The lowest BCUT2D eigenvalue weighted by molar-refractivity contribution is -0.137. The average Bonchev–Trinajstić information content (AvgIpc) is 3.03. The minimum atomic E-state index is -0.905. The first-order valence-corrected chi connectivity index (χ1v) is 6.99. The summed E-state index contributed by atoms with van der Waals surface area (Å²) in [4.78, 5) is 22.7. The van der Waals surface area contributed by atoms with Gasteiger partial charge >= 0.3 is 5.97 Å². The van der Waals surface area contributed by atoms with Crippen molar-refractivity contribution in [3.8, 4) is 0 Å². The van der Waals surface area contributed by atoms with Crippen LogP contribution in [0.5, 0.6) is 0 Å². The fourth-order valence-corrected chi connectivity index (χ4v) is 2.00. The SMILES string of the molecule is Cc1cc(NC(=O)c2ccn(CCC(=O)O)n2)n(C(C)C)n1. The Morgan fingerprint density at radius 3 is 2.73 bits per heavy atom. The van der Waals surface area contributed by atoms with Crippen LogP contribution >= 0.6 is 0 Å². The molecule has 0 aliphatic heterocycles. The molecule has 0 fully saturated rings. The Labute approximate surface area is 127 Å². The molecule has 118 valence electrons. The number of aromatic nitrogens is 4. The number of aliphatic carboxylic acids is 1. The molecule has 0 bridgehead atoms. The van der Waals surface area contributed by atoms with Crippen molar-refractivity contribution in [3.63, 3.8) is 0 Å². The van der Waals surface area contributed by atoms with E-state index in [2.05, 4.69) is 15.5 Å². The number of amides is 1. The van der Waals surface area contributed by atoms with Crippen molar-refractivity contribution in [1.29, 1.82) is 0 Å². The summed E-state index contributed by atoms with van der Waals surface area (Å²) in [6, 6.07) is 3.47. The molecule has 1 amide bonds. The standard InChI is InChI=1S/C14H19N5O3/c1-9(2)19-12(8-10(3)16-19)15-14(22)11-4-6-18(17-11)7-5-13(20)21/h4,6,8-9H,5,7H2,1-3H3,(H,15,22)(H,20,21). The van der Waals surface area contributed by atoms with E-state index in [-0.39, 0.29) is 30.6 Å². The van der Waals surface area contributed by atoms with E-state index in [9.17, 15) is 9.59 Å². The highest BCUT2D eigenvalue weighted by atomic mass is 16.4. The maximum Gasteiger partial charge on any atom is 0.305 e. The number of hydrogen-bond donors (Lipinski definition) is 2. The summed E-state index contributed by atoms with van der Waals surface area (Å²) in [7, 11) is 0. The minimum absolute atomic E-state index is 0.0396. The molecule has 2 aromatic rings. The molecule has 0 saturated heterocycles. The Morgan fingerprint density at radius 2 is 2.09 bits per heavy atom. The van der Waals surface area contributed by atoms with E-state index in [1.54, 1.807) is 23.0 Å². The lowest BCUT2D eigenvalue weighted by Gasteiger charge is -2.10. The molecule has 0 atom stereocenters. The number of anilines is 1. The van der Waals surface area contributed by atoms with Crippen molar-refractivity contribution in [3.05, 3.63) is 29.7 Å². The Balaban J connectivity index is 2.08. The van der Waals surface area contributed by atoms with Gasteiger partial charge in [0.2, 0.25) is 0 Å². The molecule has 0 spiro atoms. The van der Waals surface area contributed by atoms with Crippen molar-refractivity contribution in [2.24, 2.45) is 0 Å². The maximum absolute atomic E-state index is 12.2. The minimum Gasteiger partial charge on any atom is -0.481 e. The monoisotopic (exact) mass is 305 g/mol. The molecule has 2 aromatic heterocycles. The molecule has 8 heteroatoms. The molecular weight excluding hydrogens is 286 g/mol. The van der Waals surface area contributed by atoms with Crippen molar-refractivity contribution in [2.75, 3.05) is 5.32 Å². The predicted octanol–water partition coefficient (Wildman–Crippen LogP) is 1.70. The molecule has 8 nitrogen and oxygen atoms in total. The number of carboxylic acid groups (broad SMARTS) is 1. The molecule has 0 radical (unpaired) electrons. The number of aryl methyl sites for hydroxylation is 2. The molecule has 0 aliphatic rings. The first-order valence-electron chi connectivity index (χ1n) is 6.99. The molecule has 2 heterocycles. The van der Waals surface area contributed by atoms with Gasteiger partial charge in [0.15, 0.2) is 5.69 Å². The van der Waals surface area contributed by atoms with Gasteiger partial charge < -0.3 is 10.4 Å². The number of hydrogen-bond acceptors (Lipinski definition) is 4. The first kappa shape index (κ1) is 15.7. The molecule has 0 saturated carbocycles. The van der Waals surface area contributed by atoms with E-state index in [0.29, 0.717) is 5.82 Å². The van der Waals surface area contributed by atoms with Crippen LogP contribution in [0.15, 0.2) is 18.3 Å². The number of nitrogens with zero attached hydrogens (tertiary/aromatic N) is 4. The fraction of sp³-hybridized carbons (Fsp3) is 0.429. The second-order valence-electron chi connectivity index (χ2n) is 5.27. The van der Waals surface area contributed by atoms with Gasteiger partial charge in [0.25, 0.3) is 5.91 Å². The van der Waals surface area contributed by atoms with Gasteiger partial charge in [0, 0.05) is 18.3 Å². The van der Waals surface area contributed by atoms with Gasteiger partial charge in [-0.1, -0.05) is 0 Å². The Hall–Kier alpha value is -2.64. The Bertz CT molecular complexity index is 686. The van der Waals surface area contributed by atoms with Gasteiger partial charge in [-0.05, 0) is 26.8 Å². The summed E-state index contributed by atoms with van der Waals surface area (Å²) in [5.41, 5.74) is 1.05. The summed E-state index contributed by atoms with van der Waals surface area (Å²) in [5.74, 6) is -0.647. The topological polar surface area (TPSA) is 102 Å². The lowest BCUT2D eigenvalue weighted by Crippen LogP contribution is -2.17. The smallest absolute Gasteiger partial charge is 0.305 e. The second-order valence-corrected chi connectivity index (χ2v) is 5.27. The van der Waals surface area contributed by atoms with Crippen molar-refractivity contribution in [1.82, 2.24) is 19.6 Å². The average molecular weight is 305 g/mol. The third-order valence-corrected chi connectivity index (χ3v) is 3.02. The van der Waals surface area contributed by atoms with Gasteiger partial charge in [0.05, 0.1) is 18.7 Å². The number of carboxylic acids is 1. The van der Waals surface area contributed by atoms with Crippen LogP contribution in [0.4, 0.5) is 5.82 Å². The van der Waals surface area contributed by atoms with Crippen LogP contribution in [0.25, 0.3) is 0 Å². The number of carbonyl (C=O) groups is 2. The normalized spacial score (nSPS) is 10.9. The van der Waals surface area contributed by atoms with E-state index in [1.165, 1.54) is 4.68 Å². The van der Waals surface area contributed by atoms with Gasteiger partial charge in [-0.25, -0.2) is 4.68 Å². The van der Waals surface area contributed by atoms with Crippen molar-refractivity contribution < 1.29 is 14.7 Å². The van der Waals surface area contributed by atoms with Crippen LogP contribution in [0.2, 0.25) is 0 Å². The van der Waals surface area contributed by atoms with Gasteiger partial charge in [0.1, 0.15) is 5.82 Å². The van der Waals surface area contributed by atoms with E-state index in [0.717, 1.165) is 5.69 Å². The van der Waals surface area contributed by atoms with Crippen molar-refractivity contribution in [2.45, 2.75) is 39.8 Å². The van der Waals surface area contributed by atoms with Crippen LogP contribution < -0.4 is 5.32 Å². The Morgan fingerprint density at radius 1 is 1.36 bits per heavy atom. The van der Waals surface area contributed by atoms with Crippen molar-refractivity contribution >= 4 is 17.7 Å². The van der Waals surface area contributed by atoms with Gasteiger partial charge in [-0.15, -0.1) is 0 Å². The molecule has 2 rings (SSSR count). The zero-order valence-electron chi connectivity index (χ0n) is 12.8. The second kappa shape index (κ2) is 6.42. The molecule has 22 heavy (non-hydrogen) atoms. The molecule has 0 aromatic carbocycles. The zero-order valence-corrected chi connectivity index (χ0v) is 12.8. The van der Waals surface area contributed by atoms with E-state index < -0.39 is 5.97 Å². The molecule has 0 aliphatic carbocycles. The number of nitrogens with one attached hydrogen (secondary N) is 1. The summed E-state index contributed by atoms with van der Waals surface area (Å²) in [5, 5.41) is 19.8. The molecule has 2 N–H and O–H groups in total. The predicted molar refractivity (Wildman–Crippen MR) is 79.8 cm³/mol. The summed E-state index contributed by atoms with van der Waals surface area (Å²) < 4.78 is 3.17. The van der Waals surface area contributed by atoms with Crippen LogP contribution in [0.3, 0.4) is 0 Å². The third-order valence-electron chi connectivity index (χ3n) is 3.02. The largest absolute Gasteiger partial charge is 0.481 e. The molecule has 0 unspecified atom stereocenters. The number of rotatable bonds is 6. The van der Waals surface area contributed by atoms with E-state index in [1.807, 2.05) is 20.8 Å². The first-order chi connectivity index (χ1) is 10.4. The zero-order chi connectivity index (χ0) is 16.3. The highest BCUT2D eigenvalue weighted by molar-refractivity contribution is 6.02. The van der Waals surface area contributed by atoms with Gasteiger partial charge in [-0.3, -0.25) is 14.3 Å². The third kappa shape index (κ3) is 3.72. The summed E-state index contributed by atoms with van der Waals surface area (Å²) in [6.07, 6.45) is 1.55. The summed E-state index contributed by atoms with van der Waals surface area (Å²) >= 11 is 0. The molecular formula is C14H19N5O3. The summed E-state index contributed by atoms with van der Waals surface area (Å²) in [6.45, 7) is 6.03. The van der Waals surface area contributed by atoms with Gasteiger partial charge in [-0.2, -0.15) is 10.2 Å². The van der Waals surface area contributed by atoms with E-state index >= 15 is 0 Å². The van der Waals surface area contributed by atoms with Crippen LogP contribution in [0.1, 0.15) is 42.5 Å². The van der Waals surface area contributed by atoms with E-state index in [4.69, 9.17) is 5.11 Å². The highest BCUT2D eigenvalue weighted by Crippen LogP contribution is 2.16.